The number of benzene rings is 2. The van der Waals surface area contributed by atoms with Crippen molar-refractivity contribution in [3.8, 4) is 17.0 Å². The molecule has 2 aromatic heterocycles. The van der Waals surface area contributed by atoms with Crippen LogP contribution in [-0.4, -0.2) is 32.8 Å². The Morgan fingerprint density at radius 2 is 1.92 bits per heavy atom. The average molecular weight is 398 g/mol. The second-order valence-electron chi connectivity index (χ2n) is 5.46. The molecule has 0 aliphatic heterocycles. The molecule has 1 N–H and O–H groups in total. The molecule has 0 spiro atoms. The van der Waals surface area contributed by atoms with Crippen LogP contribution in [0.1, 0.15) is 10.5 Å². The van der Waals surface area contributed by atoms with Crippen molar-refractivity contribution >= 4 is 38.4 Å². The number of ether oxygens (including phenoxy) is 1. The van der Waals surface area contributed by atoms with Crippen LogP contribution in [0.2, 0.25) is 0 Å². The first-order valence-corrected chi connectivity index (χ1v) is 8.23. The Bertz CT molecular complexity index is 1120. The van der Waals surface area contributed by atoms with E-state index in [0.717, 1.165) is 26.7 Å². The molecule has 0 aliphatic carbocycles. The van der Waals surface area contributed by atoms with Crippen molar-refractivity contribution in [2.45, 2.75) is 0 Å². The highest BCUT2D eigenvalue weighted by molar-refractivity contribution is 9.10. The molecule has 4 rings (SSSR count). The van der Waals surface area contributed by atoms with Gasteiger partial charge in [-0.3, -0.25) is 0 Å². The zero-order valence-corrected chi connectivity index (χ0v) is 14.7. The second kappa shape index (κ2) is 5.86. The number of aromatic carboxylic acids is 1. The molecule has 0 amide bonds. The van der Waals surface area contributed by atoms with Gasteiger partial charge in [-0.2, -0.15) is 5.10 Å². The van der Waals surface area contributed by atoms with Crippen LogP contribution in [0.15, 0.2) is 53.0 Å². The quantitative estimate of drug-likeness (QED) is 0.564. The van der Waals surface area contributed by atoms with Crippen LogP contribution in [0, 0.1) is 0 Å². The predicted octanol–water partition coefficient (Wildman–Crippen LogP) is 4.02. The summed E-state index contributed by atoms with van der Waals surface area (Å²) in [5.74, 6) is -0.356. The van der Waals surface area contributed by atoms with Gasteiger partial charge >= 0.3 is 5.97 Å². The molecule has 25 heavy (non-hydrogen) atoms. The van der Waals surface area contributed by atoms with Crippen LogP contribution in [0.5, 0.6) is 5.75 Å². The van der Waals surface area contributed by atoms with Gasteiger partial charge < -0.3 is 9.84 Å². The van der Waals surface area contributed by atoms with Gasteiger partial charge in [0.05, 0.1) is 18.3 Å². The van der Waals surface area contributed by atoms with Gasteiger partial charge in [0.2, 0.25) is 0 Å². The number of methoxy groups -OCH3 is 1. The zero-order chi connectivity index (χ0) is 17.6. The van der Waals surface area contributed by atoms with Gasteiger partial charge in [0.25, 0.3) is 0 Å². The third-order valence-electron chi connectivity index (χ3n) is 3.94. The third-order valence-corrected chi connectivity index (χ3v) is 4.44. The molecule has 0 saturated heterocycles. The molecule has 0 aliphatic rings. The number of aromatic nitrogens is 3. The van der Waals surface area contributed by atoms with Crippen molar-refractivity contribution in [1.82, 2.24) is 14.6 Å². The van der Waals surface area contributed by atoms with Gasteiger partial charge in [-0.05, 0) is 48.5 Å². The Labute approximate surface area is 150 Å². The van der Waals surface area contributed by atoms with Crippen molar-refractivity contribution in [1.29, 1.82) is 0 Å². The van der Waals surface area contributed by atoms with Crippen LogP contribution in [-0.2, 0) is 0 Å². The van der Waals surface area contributed by atoms with E-state index in [0.29, 0.717) is 11.3 Å². The van der Waals surface area contributed by atoms with E-state index in [1.165, 1.54) is 6.07 Å². The molecule has 0 atom stereocenters. The second-order valence-corrected chi connectivity index (χ2v) is 6.37. The average Bonchev–Trinajstić information content (AvgIpc) is 2.98. The van der Waals surface area contributed by atoms with Gasteiger partial charge in [-0.1, -0.05) is 15.9 Å². The van der Waals surface area contributed by atoms with Gasteiger partial charge in [-0.25, -0.2) is 14.3 Å². The van der Waals surface area contributed by atoms with Crippen molar-refractivity contribution in [3.05, 3.63) is 58.7 Å². The predicted molar refractivity (Wildman–Crippen MR) is 97.1 cm³/mol. The van der Waals surface area contributed by atoms with E-state index >= 15 is 0 Å². The normalized spacial score (nSPS) is 11.1. The van der Waals surface area contributed by atoms with E-state index in [-0.39, 0.29) is 5.69 Å². The van der Waals surface area contributed by atoms with Crippen LogP contribution in [0.4, 0.5) is 0 Å². The Morgan fingerprint density at radius 3 is 2.60 bits per heavy atom. The van der Waals surface area contributed by atoms with Crippen LogP contribution < -0.4 is 4.74 Å². The molecule has 0 unspecified atom stereocenters. The summed E-state index contributed by atoms with van der Waals surface area (Å²) in [6, 6.07) is 14.5. The number of carboxylic acids is 1. The highest BCUT2D eigenvalue weighted by Crippen LogP contribution is 2.28. The smallest absolute Gasteiger partial charge is 0.354 e. The Morgan fingerprint density at radius 1 is 1.16 bits per heavy atom. The number of hydrogen-bond acceptors (Lipinski definition) is 4. The summed E-state index contributed by atoms with van der Waals surface area (Å²) in [5, 5.41) is 14.8. The molecular formula is C18H12BrN3O3. The standard InChI is InChI=1S/C18H12BrN3O3/c1-25-12-5-2-10(3-6-12)16-9-15(18(23)24)20-17-13-7-4-11(19)8-14(13)21-22(16)17/h2-9H,1H3,(H,23,24). The van der Waals surface area contributed by atoms with Crippen molar-refractivity contribution in [2.24, 2.45) is 0 Å². The van der Waals surface area contributed by atoms with E-state index in [1.54, 1.807) is 11.6 Å². The van der Waals surface area contributed by atoms with E-state index in [1.807, 2.05) is 42.5 Å². The highest BCUT2D eigenvalue weighted by atomic mass is 79.9. The molecule has 0 fully saturated rings. The molecule has 0 bridgehead atoms. The van der Waals surface area contributed by atoms with Gasteiger partial charge in [-0.15, -0.1) is 0 Å². The fraction of sp³-hybridized carbons (Fsp3) is 0.0556. The van der Waals surface area contributed by atoms with Crippen molar-refractivity contribution < 1.29 is 14.6 Å². The summed E-state index contributed by atoms with van der Waals surface area (Å²) in [5.41, 5.74) is 2.69. The van der Waals surface area contributed by atoms with Gasteiger partial charge in [0, 0.05) is 15.4 Å². The van der Waals surface area contributed by atoms with Gasteiger partial charge in [0.1, 0.15) is 5.75 Å². The Hall–Kier alpha value is -2.93. The number of hydrogen-bond donors (Lipinski definition) is 1. The first-order valence-electron chi connectivity index (χ1n) is 7.43. The number of carbonyl (C=O) groups is 1. The maximum absolute atomic E-state index is 11.5. The topological polar surface area (TPSA) is 76.7 Å². The fourth-order valence-electron chi connectivity index (χ4n) is 2.74. The number of halogens is 1. The lowest BCUT2D eigenvalue weighted by molar-refractivity contribution is 0.0690. The summed E-state index contributed by atoms with van der Waals surface area (Å²) in [6.45, 7) is 0. The minimum atomic E-state index is -1.08. The minimum Gasteiger partial charge on any atom is -0.497 e. The molecule has 7 heteroatoms. The lowest BCUT2D eigenvalue weighted by atomic mass is 10.1. The highest BCUT2D eigenvalue weighted by Gasteiger charge is 2.16. The molecule has 4 aromatic rings. The summed E-state index contributed by atoms with van der Waals surface area (Å²) in [4.78, 5) is 15.8. The molecule has 0 radical (unpaired) electrons. The molecule has 2 aromatic carbocycles. The number of nitrogens with zero attached hydrogens (tertiary/aromatic N) is 3. The molecule has 2 heterocycles. The molecule has 6 nitrogen and oxygen atoms in total. The summed E-state index contributed by atoms with van der Waals surface area (Å²) >= 11 is 3.43. The first kappa shape index (κ1) is 15.6. The molecule has 0 saturated carbocycles. The Balaban J connectivity index is 2.06. The van der Waals surface area contributed by atoms with Crippen LogP contribution in [0.3, 0.4) is 0 Å². The summed E-state index contributed by atoms with van der Waals surface area (Å²) < 4.78 is 7.75. The minimum absolute atomic E-state index is 0.0250. The maximum atomic E-state index is 11.5. The third kappa shape index (κ3) is 2.62. The fourth-order valence-corrected chi connectivity index (χ4v) is 3.08. The van der Waals surface area contributed by atoms with Crippen molar-refractivity contribution in [3.63, 3.8) is 0 Å². The lowest BCUT2D eigenvalue weighted by Gasteiger charge is -2.07. The maximum Gasteiger partial charge on any atom is 0.354 e. The van der Waals surface area contributed by atoms with E-state index in [4.69, 9.17) is 4.74 Å². The summed E-state index contributed by atoms with van der Waals surface area (Å²) in [6.07, 6.45) is 0. The molecule has 124 valence electrons. The number of carboxylic acid groups (broad SMARTS) is 1. The van der Waals surface area contributed by atoms with E-state index in [9.17, 15) is 9.90 Å². The molecular weight excluding hydrogens is 386 g/mol. The monoisotopic (exact) mass is 397 g/mol. The number of fused-ring (bicyclic) bond motifs is 3. The van der Waals surface area contributed by atoms with Crippen LogP contribution in [0.25, 0.3) is 27.8 Å². The first-order chi connectivity index (χ1) is 12.1. The SMILES string of the molecule is COc1ccc(-c2cc(C(=O)O)nc3c4ccc(Br)cc4nn23)cc1. The summed E-state index contributed by atoms with van der Waals surface area (Å²) in [7, 11) is 1.60. The van der Waals surface area contributed by atoms with E-state index in [2.05, 4.69) is 26.0 Å². The van der Waals surface area contributed by atoms with E-state index < -0.39 is 5.97 Å². The Kier molecular flexibility index (Phi) is 3.65. The van der Waals surface area contributed by atoms with Crippen LogP contribution >= 0.6 is 15.9 Å². The lowest BCUT2D eigenvalue weighted by Crippen LogP contribution is -2.05. The number of rotatable bonds is 3. The van der Waals surface area contributed by atoms with Gasteiger partial charge in [0.15, 0.2) is 11.3 Å². The zero-order valence-electron chi connectivity index (χ0n) is 13.1. The largest absolute Gasteiger partial charge is 0.497 e. The van der Waals surface area contributed by atoms with Crippen molar-refractivity contribution in [2.75, 3.05) is 7.11 Å².